The highest BCUT2D eigenvalue weighted by Gasteiger charge is 2.51. The molecule has 1 fully saturated rings. The van der Waals surface area contributed by atoms with Gasteiger partial charge in [-0.2, -0.15) is 0 Å². The SMILES string of the molecule is CC/C=C\C/C=C\C/C=C\C/C=C\C/C=C\C/C=C\C/C=C\CCCCOCC(COP(=O)(O)OC1C(O)C(O)C(O)C(O)C1O)OC(=O)CCCCCCCCC. The molecule has 0 aromatic rings. The van der Waals surface area contributed by atoms with Crippen LogP contribution >= 0.6 is 7.82 Å². The Kier molecular flexibility index (Phi) is 32.6. The van der Waals surface area contributed by atoms with Crippen LogP contribution in [-0.2, 0) is 27.9 Å². The molecule has 0 bridgehead atoms. The van der Waals surface area contributed by atoms with Gasteiger partial charge in [-0.1, -0.05) is 137 Å². The quantitative estimate of drug-likeness (QED) is 0.0158. The molecule has 0 aliphatic heterocycles. The largest absolute Gasteiger partial charge is 0.472 e. The Morgan fingerprint density at radius 1 is 0.569 bits per heavy atom. The normalized spacial score (nSPS) is 23.5. The Balaban J connectivity index is 2.38. The first-order chi connectivity index (χ1) is 28.0. The van der Waals surface area contributed by atoms with Gasteiger partial charge in [0.1, 0.15) is 42.7 Å². The molecular weight excluding hydrogens is 763 g/mol. The lowest BCUT2D eigenvalue weighted by atomic mass is 9.85. The number of aliphatic hydroxyl groups excluding tert-OH is 5. The van der Waals surface area contributed by atoms with E-state index < -0.39 is 63.1 Å². The zero-order valence-corrected chi connectivity index (χ0v) is 35.9. The van der Waals surface area contributed by atoms with E-state index in [1.807, 2.05) is 0 Å². The molecule has 12 nitrogen and oxygen atoms in total. The second kappa shape index (κ2) is 35.3. The second-order valence-corrected chi connectivity index (χ2v) is 15.9. The van der Waals surface area contributed by atoms with E-state index in [1.54, 1.807) is 0 Å². The molecule has 1 rings (SSSR count). The molecule has 0 aromatic carbocycles. The van der Waals surface area contributed by atoms with E-state index in [0.29, 0.717) is 13.0 Å². The lowest BCUT2D eigenvalue weighted by molar-refractivity contribution is -0.220. The third-order valence-corrected chi connectivity index (χ3v) is 10.3. The fraction of sp³-hybridized carbons (Fsp3) is 0.667. The van der Waals surface area contributed by atoms with Crippen molar-refractivity contribution in [2.75, 3.05) is 19.8 Å². The van der Waals surface area contributed by atoms with Crippen molar-refractivity contribution in [3.05, 3.63) is 85.1 Å². The lowest BCUT2D eigenvalue weighted by Crippen LogP contribution is -2.64. The number of hydrogen-bond acceptors (Lipinski definition) is 11. The molecule has 13 heteroatoms. The number of unbranched alkanes of at least 4 members (excludes halogenated alkanes) is 8. The van der Waals surface area contributed by atoms with E-state index in [1.165, 1.54) is 6.42 Å². The minimum Gasteiger partial charge on any atom is -0.457 e. The minimum atomic E-state index is -5.02. The van der Waals surface area contributed by atoms with Gasteiger partial charge in [-0.3, -0.25) is 13.8 Å². The summed E-state index contributed by atoms with van der Waals surface area (Å²) in [4.78, 5) is 22.9. The molecular formula is C45H75O12P. The van der Waals surface area contributed by atoms with Gasteiger partial charge in [0, 0.05) is 13.0 Å². The Hall–Kier alpha value is -2.48. The number of esters is 1. The fourth-order valence-electron chi connectivity index (χ4n) is 5.86. The molecule has 1 aliphatic carbocycles. The van der Waals surface area contributed by atoms with E-state index >= 15 is 0 Å². The Bertz CT molecular complexity index is 1280. The van der Waals surface area contributed by atoms with Crippen molar-refractivity contribution >= 4 is 13.8 Å². The first-order valence-electron chi connectivity index (χ1n) is 21.4. The number of carbonyl (C=O) groups is 1. The molecule has 6 atom stereocenters. The highest BCUT2D eigenvalue weighted by Crippen LogP contribution is 2.47. The number of rotatable bonds is 34. The summed E-state index contributed by atoms with van der Waals surface area (Å²) in [5, 5.41) is 50.0. The van der Waals surface area contributed by atoms with Crippen molar-refractivity contribution in [1.29, 1.82) is 0 Å². The molecule has 6 unspecified atom stereocenters. The third kappa shape index (κ3) is 27.3. The molecule has 0 radical (unpaired) electrons. The first-order valence-corrected chi connectivity index (χ1v) is 22.9. The van der Waals surface area contributed by atoms with E-state index in [4.69, 9.17) is 18.5 Å². The number of ether oxygens (including phenoxy) is 2. The zero-order chi connectivity index (χ0) is 42.7. The van der Waals surface area contributed by atoms with Crippen LogP contribution < -0.4 is 0 Å². The van der Waals surface area contributed by atoms with Gasteiger partial charge in [0.05, 0.1) is 13.2 Å². The summed E-state index contributed by atoms with van der Waals surface area (Å²) in [6.07, 6.45) is 34.1. The summed E-state index contributed by atoms with van der Waals surface area (Å²) in [6, 6.07) is 0. The molecule has 0 amide bonds. The molecule has 0 spiro atoms. The van der Waals surface area contributed by atoms with Gasteiger partial charge < -0.3 is 39.9 Å². The summed E-state index contributed by atoms with van der Waals surface area (Å²) in [5.74, 6) is -0.505. The molecule has 0 heterocycles. The second-order valence-electron chi connectivity index (χ2n) is 14.5. The van der Waals surface area contributed by atoms with Gasteiger partial charge in [0.15, 0.2) is 0 Å². The third-order valence-electron chi connectivity index (χ3n) is 9.28. The van der Waals surface area contributed by atoms with Crippen molar-refractivity contribution in [3.8, 4) is 0 Å². The van der Waals surface area contributed by atoms with Crippen LogP contribution in [0.3, 0.4) is 0 Å². The molecule has 1 aliphatic rings. The molecule has 0 saturated heterocycles. The predicted octanol–water partition coefficient (Wildman–Crippen LogP) is 8.19. The highest BCUT2D eigenvalue weighted by atomic mass is 31.2. The minimum absolute atomic E-state index is 0.112. The van der Waals surface area contributed by atoms with Crippen molar-refractivity contribution in [2.24, 2.45) is 0 Å². The number of carbonyl (C=O) groups excluding carboxylic acids is 1. The first kappa shape index (κ1) is 53.5. The molecule has 6 N–H and O–H groups in total. The van der Waals surface area contributed by atoms with Crippen LogP contribution in [0, 0.1) is 0 Å². The molecule has 1 saturated carbocycles. The van der Waals surface area contributed by atoms with Gasteiger partial charge in [-0.05, 0) is 70.6 Å². The summed E-state index contributed by atoms with van der Waals surface area (Å²) < 4.78 is 33.9. The number of phosphoric ester groups is 1. The maximum absolute atomic E-state index is 12.7. The van der Waals surface area contributed by atoms with Crippen molar-refractivity contribution < 1.29 is 58.3 Å². The maximum atomic E-state index is 12.7. The van der Waals surface area contributed by atoms with Gasteiger partial charge in [-0.15, -0.1) is 0 Å². The van der Waals surface area contributed by atoms with E-state index in [2.05, 4.69) is 98.9 Å². The number of allylic oxidation sites excluding steroid dienone is 14. The number of hydrogen-bond donors (Lipinski definition) is 6. The van der Waals surface area contributed by atoms with Crippen LogP contribution in [0.1, 0.15) is 129 Å². The summed E-state index contributed by atoms with van der Waals surface area (Å²) in [6.45, 7) is 3.94. The van der Waals surface area contributed by atoms with Gasteiger partial charge in [-0.25, -0.2) is 4.57 Å². The van der Waals surface area contributed by atoms with Crippen molar-refractivity contribution in [2.45, 2.75) is 172 Å². The Morgan fingerprint density at radius 3 is 1.52 bits per heavy atom. The Labute approximate surface area is 348 Å². The monoisotopic (exact) mass is 838 g/mol. The van der Waals surface area contributed by atoms with Crippen molar-refractivity contribution in [3.63, 3.8) is 0 Å². The molecule has 58 heavy (non-hydrogen) atoms. The Morgan fingerprint density at radius 2 is 1.02 bits per heavy atom. The van der Waals surface area contributed by atoms with Crippen LogP contribution in [0.4, 0.5) is 0 Å². The van der Waals surface area contributed by atoms with Gasteiger partial charge >= 0.3 is 13.8 Å². The lowest BCUT2D eigenvalue weighted by Gasteiger charge is -2.41. The average molecular weight is 839 g/mol. The summed E-state index contributed by atoms with van der Waals surface area (Å²) >= 11 is 0. The van der Waals surface area contributed by atoms with Crippen LogP contribution in [0.25, 0.3) is 0 Å². The molecule has 332 valence electrons. The van der Waals surface area contributed by atoms with Gasteiger partial charge in [0.2, 0.25) is 0 Å². The summed E-state index contributed by atoms with van der Waals surface area (Å²) in [7, 11) is -5.02. The number of phosphoric acid groups is 1. The average Bonchev–Trinajstić information content (AvgIpc) is 3.20. The van der Waals surface area contributed by atoms with E-state index in [-0.39, 0.29) is 13.0 Å². The van der Waals surface area contributed by atoms with Crippen LogP contribution in [0.5, 0.6) is 0 Å². The summed E-state index contributed by atoms with van der Waals surface area (Å²) in [5.41, 5.74) is 0. The standard InChI is InChI=1S/C45H75O12P/c1-3-5-7-9-11-12-13-14-15-16-17-18-19-20-21-22-23-24-25-26-27-29-31-33-35-54-36-38(56-39(46)34-32-30-28-10-8-6-4-2)37-55-58(52,53)57-45-43(50)41(48)40(47)42(49)44(45)51/h5,7,11-12,14-15,17-18,20-21,23-24,26-27,38,40-45,47-51H,3-4,6,8-10,13,16,19,22,25,28-37H2,1-2H3,(H,52,53)/b7-5-,12-11-,15-14-,18-17-,21-20-,24-23-,27-26-. The van der Waals surface area contributed by atoms with Gasteiger partial charge in [0.25, 0.3) is 0 Å². The van der Waals surface area contributed by atoms with E-state index in [0.717, 1.165) is 96.3 Å². The topological polar surface area (TPSA) is 192 Å². The van der Waals surface area contributed by atoms with Crippen LogP contribution in [0.2, 0.25) is 0 Å². The molecule has 0 aromatic heterocycles. The maximum Gasteiger partial charge on any atom is 0.472 e. The highest BCUT2D eigenvalue weighted by molar-refractivity contribution is 7.47. The zero-order valence-electron chi connectivity index (χ0n) is 35.1. The predicted molar refractivity (Wildman–Crippen MR) is 230 cm³/mol. The van der Waals surface area contributed by atoms with Crippen LogP contribution in [-0.4, -0.2) is 98.9 Å². The van der Waals surface area contributed by atoms with Crippen molar-refractivity contribution in [1.82, 2.24) is 0 Å². The van der Waals surface area contributed by atoms with E-state index in [9.17, 15) is 39.8 Å². The van der Waals surface area contributed by atoms with Crippen LogP contribution in [0.15, 0.2) is 85.1 Å². The fourth-order valence-corrected chi connectivity index (χ4v) is 6.83. The number of aliphatic hydroxyl groups is 5. The smallest absolute Gasteiger partial charge is 0.457 e.